The summed E-state index contributed by atoms with van der Waals surface area (Å²) >= 11 is 7.11. The maximum atomic E-state index is 11.9. The summed E-state index contributed by atoms with van der Waals surface area (Å²) in [5.41, 5.74) is 2.18. The van der Waals surface area contributed by atoms with Crippen molar-refractivity contribution in [3.63, 3.8) is 0 Å². The zero-order valence-corrected chi connectivity index (χ0v) is 16.0. The summed E-state index contributed by atoms with van der Waals surface area (Å²) in [7, 11) is 0. The number of nitrogens with one attached hydrogen (secondary N) is 2. The van der Waals surface area contributed by atoms with Crippen LogP contribution in [0.1, 0.15) is 22.8 Å². The fourth-order valence-electron chi connectivity index (χ4n) is 2.22. The Hall–Kier alpha value is -2.05. The highest BCUT2D eigenvalue weighted by atomic mass is 32.2. The van der Waals surface area contributed by atoms with Crippen LogP contribution < -0.4 is 10.6 Å². The van der Waals surface area contributed by atoms with Gasteiger partial charge in [-0.1, -0.05) is 24.3 Å². The largest absolute Gasteiger partial charge is 0.462 e. The molecule has 0 aliphatic carbocycles. The Balaban J connectivity index is 1.84. The third-order valence-electron chi connectivity index (χ3n) is 3.48. The van der Waals surface area contributed by atoms with E-state index >= 15 is 0 Å². The van der Waals surface area contributed by atoms with Gasteiger partial charge in [-0.25, -0.2) is 4.79 Å². The number of benzene rings is 2. The maximum Gasteiger partial charge on any atom is 0.338 e. The van der Waals surface area contributed by atoms with Gasteiger partial charge in [0.15, 0.2) is 5.11 Å². The van der Waals surface area contributed by atoms with Gasteiger partial charge < -0.3 is 15.4 Å². The van der Waals surface area contributed by atoms with Crippen molar-refractivity contribution in [1.82, 2.24) is 5.32 Å². The van der Waals surface area contributed by atoms with Crippen molar-refractivity contribution >= 4 is 40.7 Å². The van der Waals surface area contributed by atoms with Gasteiger partial charge in [0, 0.05) is 22.9 Å². The number of anilines is 1. The number of carbonyl (C=O) groups excluding carboxylic acids is 1. The summed E-state index contributed by atoms with van der Waals surface area (Å²) in [6.45, 7) is 4.78. The quantitative estimate of drug-likeness (QED) is 0.327. The van der Waals surface area contributed by atoms with E-state index in [1.54, 1.807) is 24.8 Å². The van der Waals surface area contributed by atoms with Crippen LogP contribution in [-0.2, 0) is 4.74 Å². The van der Waals surface area contributed by atoms with Crippen LogP contribution in [-0.4, -0.2) is 30.0 Å². The van der Waals surface area contributed by atoms with Crippen molar-refractivity contribution in [3.05, 3.63) is 59.7 Å². The first-order valence-corrected chi connectivity index (χ1v) is 9.50. The minimum atomic E-state index is -0.318. The Morgan fingerprint density at radius 2 is 1.92 bits per heavy atom. The van der Waals surface area contributed by atoms with Crippen LogP contribution in [0.2, 0.25) is 0 Å². The normalized spacial score (nSPS) is 10.2. The number of thioether (sulfide) groups is 1. The molecule has 2 aromatic rings. The molecule has 2 rings (SSSR count). The van der Waals surface area contributed by atoms with Gasteiger partial charge in [0.1, 0.15) is 0 Å². The number of rotatable bonds is 7. The van der Waals surface area contributed by atoms with Gasteiger partial charge in [-0.3, -0.25) is 0 Å². The van der Waals surface area contributed by atoms with E-state index in [1.807, 2.05) is 37.3 Å². The lowest BCUT2D eigenvalue weighted by Gasteiger charge is -2.14. The van der Waals surface area contributed by atoms with Gasteiger partial charge in [0.2, 0.25) is 0 Å². The molecule has 0 spiro atoms. The van der Waals surface area contributed by atoms with Crippen molar-refractivity contribution < 1.29 is 9.53 Å². The standard InChI is InChI=1S/C19H22N2O2S2/c1-3-23-18(22)16-10-7-11-17(14(16)2)21-19(24)20-12-13-25-15-8-5-4-6-9-15/h4-11H,3,12-13H2,1-2H3,(H2,20,21,24). The lowest BCUT2D eigenvalue weighted by Crippen LogP contribution is -2.30. The number of esters is 1. The summed E-state index contributed by atoms with van der Waals surface area (Å²) in [4.78, 5) is 13.2. The number of carbonyl (C=O) groups is 1. The van der Waals surface area contributed by atoms with Crippen molar-refractivity contribution in [1.29, 1.82) is 0 Å². The van der Waals surface area contributed by atoms with Crippen LogP contribution in [0.15, 0.2) is 53.4 Å². The summed E-state index contributed by atoms with van der Waals surface area (Å²) in [5.74, 6) is 0.593. The summed E-state index contributed by atoms with van der Waals surface area (Å²) < 4.78 is 5.07. The van der Waals surface area contributed by atoms with Gasteiger partial charge in [0.05, 0.1) is 12.2 Å². The van der Waals surface area contributed by atoms with E-state index in [2.05, 4.69) is 22.8 Å². The zero-order chi connectivity index (χ0) is 18.1. The molecule has 0 heterocycles. The van der Waals surface area contributed by atoms with Crippen LogP contribution in [0.3, 0.4) is 0 Å². The number of ether oxygens (including phenoxy) is 1. The molecule has 0 radical (unpaired) electrons. The molecule has 0 aliphatic heterocycles. The Kier molecular flexibility index (Phi) is 7.76. The lowest BCUT2D eigenvalue weighted by atomic mass is 10.1. The fourth-order valence-corrected chi connectivity index (χ4v) is 3.22. The molecule has 0 fully saturated rings. The van der Waals surface area contributed by atoms with Crippen molar-refractivity contribution in [2.75, 3.05) is 24.2 Å². The first-order valence-electron chi connectivity index (χ1n) is 8.11. The predicted molar refractivity (Wildman–Crippen MR) is 109 cm³/mol. The summed E-state index contributed by atoms with van der Waals surface area (Å²) in [6.07, 6.45) is 0. The van der Waals surface area contributed by atoms with Gasteiger partial charge in [0.25, 0.3) is 0 Å². The molecule has 2 aromatic carbocycles. The van der Waals surface area contributed by atoms with Crippen molar-refractivity contribution in [2.24, 2.45) is 0 Å². The van der Waals surface area contributed by atoms with Gasteiger partial charge in [-0.05, 0) is 55.9 Å². The first-order chi connectivity index (χ1) is 12.1. The Morgan fingerprint density at radius 3 is 2.64 bits per heavy atom. The smallest absolute Gasteiger partial charge is 0.338 e. The minimum Gasteiger partial charge on any atom is -0.462 e. The number of hydrogen-bond donors (Lipinski definition) is 2. The molecule has 4 nitrogen and oxygen atoms in total. The summed E-state index contributed by atoms with van der Waals surface area (Å²) in [5, 5.41) is 6.87. The SMILES string of the molecule is CCOC(=O)c1cccc(NC(=S)NCCSc2ccccc2)c1C. The molecule has 132 valence electrons. The molecule has 2 N–H and O–H groups in total. The molecule has 0 bridgehead atoms. The molecule has 0 aliphatic rings. The monoisotopic (exact) mass is 374 g/mol. The van der Waals surface area contributed by atoms with Crippen LogP contribution in [0.5, 0.6) is 0 Å². The van der Waals surface area contributed by atoms with Crippen molar-refractivity contribution in [3.8, 4) is 0 Å². The highest BCUT2D eigenvalue weighted by Crippen LogP contribution is 2.20. The second-order valence-electron chi connectivity index (χ2n) is 5.24. The van der Waals surface area contributed by atoms with Crippen molar-refractivity contribution in [2.45, 2.75) is 18.7 Å². The van der Waals surface area contributed by atoms with E-state index in [0.717, 1.165) is 23.5 Å². The van der Waals surface area contributed by atoms with Gasteiger partial charge in [-0.15, -0.1) is 11.8 Å². The number of thiocarbonyl (C=S) groups is 1. The third kappa shape index (κ3) is 6.07. The van der Waals surface area contributed by atoms with E-state index in [0.29, 0.717) is 17.3 Å². The fraction of sp³-hybridized carbons (Fsp3) is 0.263. The van der Waals surface area contributed by atoms with Crippen LogP contribution in [0.25, 0.3) is 0 Å². The molecular formula is C19H22N2O2S2. The molecule has 0 amide bonds. The molecule has 6 heteroatoms. The van der Waals surface area contributed by atoms with E-state index in [4.69, 9.17) is 17.0 Å². The first kappa shape index (κ1) is 19.3. The summed E-state index contributed by atoms with van der Waals surface area (Å²) in [6, 6.07) is 15.7. The maximum absolute atomic E-state index is 11.9. The van der Waals surface area contributed by atoms with Gasteiger partial charge in [-0.2, -0.15) is 0 Å². The average Bonchev–Trinajstić information content (AvgIpc) is 2.61. The average molecular weight is 375 g/mol. The zero-order valence-electron chi connectivity index (χ0n) is 14.4. The molecule has 0 unspecified atom stereocenters. The molecular weight excluding hydrogens is 352 g/mol. The van der Waals surface area contributed by atoms with E-state index in [1.165, 1.54) is 4.90 Å². The number of hydrogen-bond acceptors (Lipinski definition) is 4. The topological polar surface area (TPSA) is 50.4 Å². The molecule has 0 aromatic heterocycles. The molecule has 0 saturated heterocycles. The van der Waals surface area contributed by atoms with Crippen LogP contribution in [0.4, 0.5) is 5.69 Å². The lowest BCUT2D eigenvalue weighted by molar-refractivity contribution is 0.0525. The Morgan fingerprint density at radius 1 is 1.16 bits per heavy atom. The van der Waals surface area contributed by atoms with Crippen LogP contribution in [0, 0.1) is 6.92 Å². The second-order valence-corrected chi connectivity index (χ2v) is 6.82. The Bertz CT molecular complexity index is 721. The predicted octanol–water partition coefficient (Wildman–Crippen LogP) is 4.25. The highest BCUT2D eigenvalue weighted by Gasteiger charge is 2.12. The van der Waals surface area contributed by atoms with Gasteiger partial charge >= 0.3 is 5.97 Å². The molecule has 0 atom stereocenters. The molecule has 0 saturated carbocycles. The third-order valence-corrected chi connectivity index (χ3v) is 4.74. The van der Waals surface area contributed by atoms with E-state index in [-0.39, 0.29) is 5.97 Å². The van der Waals surface area contributed by atoms with E-state index < -0.39 is 0 Å². The van der Waals surface area contributed by atoms with Crippen LogP contribution >= 0.6 is 24.0 Å². The minimum absolute atomic E-state index is 0.318. The Labute approximate surface area is 158 Å². The van der Waals surface area contributed by atoms with E-state index in [9.17, 15) is 4.79 Å². The molecule has 25 heavy (non-hydrogen) atoms. The second kappa shape index (κ2) is 10.1. The highest BCUT2D eigenvalue weighted by molar-refractivity contribution is 7.99.